The summed E-state index contributed by atoms with van der Waals surface area (Å²) in [5.74, 6) is 3.27. The highest BCUT2D eigenvalue weighted by Gasteiger charge is 2.32. The molecule has 162 valence electrons. The Morgan fingerprint density at radius 3 is 1.97 bits per heavy atom. The SMILES string of the molecule is CCCCCCCC/C=C\CCCCCCCC#CC(=O)ON1C(=O)CCC1=O. The number of amides is 2. The molecule has 1 saturated heterocycles. The van der Waals surface area contributed by atoms with Gasteiger partial charge in [0.25, 0.3) is 11.8 Å². The van der Waals surface area contributed by atoms with Crippen LogP contribution in [0, 0.1) is 11.8 Å². The normalized spacial score (nSPS) is 13.8. The Morgan fingerprint density at radius 2 is 1.38 bits per heavy atom. The maximum absolute atomic E-state index is 11.5. The summed E-state index contributed by atoms with van der Waals surface area (Å²) in [5.41, 5.74) is 0. The number of imide groups is 1. The molecule has 2 amide bonds. The predicted octanol–water partition coefficient (Wildman–Crippen LogP) is 5.63. The third-order valence-corrected chi connectivity index (χ3v) is 4.93. The minimum absolute atomic E-state index is 0.0917. The van der Waals surface area contributed by atoms with Crippen molar-refractivity contribution in [1.29, 1.82) is 0 Å². The van der Waals surface area contributed by atoms with Gasteiger partial charge >= 0.3 is 5.97 Å². The number of carbonyl (C=O) groups excluding carboxylic acids is 3. The molecule has 0 aliphatic carbocycles. The second kappa shape index (κ2) is 16.8. The van der Waals surface area contributed by atoms with Crippen LogP contribution in [0.3, 0.4) is 0 Å². The summed E-state index contributed by atoms with van der Waals surface area (Å²) in [5, 5.41) is 0.527. The third kappa shape index (κ3) is 12.9. The smallest absolute Gasteiger partial charge is 0.318 e. The molecule has 0 N–H and O–H groups in total. The number of allylic oxidation sites excluding steroid dienone is 2. The summed E-state index contributed by atoms with van der Waals surface area (Å²) in [7, 11) is 0. The summed E-state index contributed by atoms with van der Waals surface area (Å²) in [4.78, 5) is 38.8. The minimum Gasteiger partial charge on any atom is -0.318 e. The van der Waals surface area contributed by atoms with Crippen molar-refractivity contribution in [2.75, 3.05) is 0 Å². The summed E-state index contributed by atoms with van der Waals surface area (Å²) in [6, 6.07) is 0. The molecule has 1 aliphatic rings. The van der Waals surface area contributed by atoms with Gasteiger partial charge in [0.2, 0.25) is 0 Å². The molecule has 5 heteroatoms. The fourth-order valence-corrected chi connectivity index (χ4v) is 3.18. The standard InChI is InChI=1S/C24H37NO4/c1-2-3-4-5-6-7-8-9-10-11-12-13-14-15-16-17-18-19-24(28)29-25-22(26)20-21-23(25)27/h9-10H,2-8,11-17,20-21H2,1H3/b10-9-. The summed E-state index contributed by atoms with van der Waals surface area (Å²) >= 11 is 0. The van der Waals surface area contributed by atoms with Gasteiger partial charge in [-0.3, -0.25) is 9.59 Å². The number of hydroxylamine groups is 2. The van der Waals surface area contributed by atoms with Crippen molar-refractivity contribution in [2.45, 2.75) is 110 Å². The number of unbranched alkanes of at least 4 members (excludes halogenated alkanes) is 12. The van der Waals surface area contributed by atoms with Gasteiger partial charge in [-0.15, -0.1) is 5.06 Å². The van der Waals surface area contributed by atoms with E-state index in [1.165, 1.54) is 64.2 Å². The van der Waals surface area contributed by atoms with Crippen LogP contribution < -0.4 is 0 Å². The van der Waals surface area contributed by atoms with E-state index in [0.717, 1.165) is 19.3 Å². The quantitative estimate of drug-likeness (QED) is 0.154. The van der Waals surface area contributed by atoms with Crippen molar-refractivity contribution in [3.63, 3.8) is 0 Å². The lowest BCUT2D eigenvalue weighted by atomic mass is 10.1. The zero-order valence-electron chi connectivity index (χ0n) is 18.0. The Bertz CT molecular complexity index is 569. The predicted molar refractivity (Wildman–Crippen MR) is 114 cm³/mol. The first-order valence-corrected chi connectivity index (χ1v) is 11.4. The highest BCUT2D eigenvalue weighted by Crippen LogP contribution is 2.12. The number of nitrogens with zero attached hydrogens (tertiary/aromatic N) is 1. The monoisotopic (exact) mass is 403 g/mol. The first kappa shape index (κ1) is 24.9. The first-order valence-electron chi connectivity index (χ1n) is 11.4. The highest BCUT2D eigenvalue weighted by molar-refractivity contribution is 6.02. The largest absolute Gasteiger partial charge is 0.409 e. The van der Waals surface area contributed by atoms with E-state index in [1.54, 1.807) is 0 Å². The average molecular weight is 404 g/mol. The molecule has 29 heavy (non-hydrogen) atoms. The van der Waals surface area contributed by atoms with E-state index >= 15 is 0 Å². The maximum Gasteiger partial charge on any atom is 0.409 e. The Morgan fingerprint density at radius 1 is 0.862 bits per heavy atom. The highest BCUT2D eigenvalue weighted by atomic mass is 16.7. The van der Waals surface area contributed by atoms with E-state index < -0.39 is 17.8 Å². The Hall–Kier alpha value is -2.09. The Balaban J connectivity index is 1.89. The lowest BCUT2D eigenvalue weighted by Gasteiger charge is -2.09. The van der Waals surface area contributed by atoms with Crippen LogP contribution in [0.2, 0.25) is 0 Å². The molecule has 1 heterocycles. The van der Waals surface area contributed by atoms with Crippen molar-refractivity contribution in [3.8, 4) is 11.8 Å². The van der Waals surface area contributed by atoms with Crippen LogP contribution in [0.15, 0.2) is 12.2 Å². The summed E-state index contributed by atoms with van der Waals surface area (Å²) in [6.07, 6.45) is 21.6. The number of carbonyl (C=O) groups is 3. The van der Waals surface area contributed by atoms with Crippen LogP contribution in [0.4, 0.5) is 0 Å². The summed E-state index contributed by atoms with van der Waals surface area (Å²) in [6.45, 7) is 2.25. The van der Waals surface area contributed by atoms with E-state index in [9.17, 15) is 14.4 Å². The molecule has 5 nitrogen and oxygen atoms in total. The topological polar surface area (TPSA) is 63.7 Å². The molecule has 1 rings (SSSR count). The zero-order chi connectivity index (χ0) is 21.2. The molecular weight excluding hydrogens is 366 g/mol. The Kier molecular flexibility index (Phi) is 14.5. The lowest BCUT2D eigenvalue weighted by Crippen LogP contribution is -2.31. The van der Waals surface area contributed by atoms with Gasteiger partial charge in [0.1, 0.15) is 0 Å². The summed E-state index contributed by atoms with van der Waals surface area (Å²) < 4.78 is 0. The molecule has 1 fully saturated rings. The van der Waals surface area contributed by atoms with Gasteiger partial charge in [0.15, 0.2) is 0 Å². The molecule has 0 saturated carbocycles. The van der Waals surface area contributed by atoms with Crippen molar-refractivity contribution in [1.82, 2.24) is 5.06 Å². The van der Waals surface area contributed by atoms with Crippen LogP contribution in [0.1, 0.15) is 110 Å². The van der Waals surface area contributed by atoms with Gasteiger partial charge in [-0.25, -0.2) is 4.79 Å². The molecule has 0 aromatic heterocycles. The average Bonchev–Trinajstić information content (AvgIpc) is 3.02. The van der Waals surface area contributed by atoms with Gasteiger partial charge < -0.3 is 4.84 Å². The fourth-order valence-electron chi connectivity index (χ4n) is 3.18. The van der Waals surface area contributed by atoms with Crippen molar-refractivity contribution < 1.29 is 19.2 Å². The molecule has 1 aliphatic heterocycles. The van der Waals surface area contributed by atoms with Crippen LogP contribution in [0.5, 0.6) is 0 Å². The number of hydrogen-bond donors (Lipinski definition) is 0. The van der Waals surface area contributed by atoms with Gasteiger partial charge in [-0.05, 0) is 32.1 Å². The lowest BCUT2D eigenvalue weighted by molar-refractivity contribution is -0.193. The molecular formula is C24H37NO4. The van der Waals surface area contributed by atoms with Gasteiger partial charge in [-0.2, -0.15) is 0 Å². The molecule has 0 aromatic carbocycles. The second-order valence-corrected chi connectivity index (χ2v) is 7.60. The van der Waals surface area contributed by atoms with Crippen molar-refractivity contribution in [2.24, 2.45) is 0 Å². The van der Waals surface area contributed by atoms with Crippen LogP contribution >= 0.6 is 0 Å². The van der Waals surface area contributed by atoms with Gasteiger partial charge in [0, 0.05) is 25.2 Å². The van der Waals surface area contributed by atoms with E-state index in [1.807, 2.05) is 0 Å². The number of rotatable bonds is 15. The molecule has 0 aromatic rings. The minimum atomic E-state index is -0.846. The van der Waals surface area contributed by atoms with Crippen LogP contribution in [0.25, 0.3) is 0 Å². The van der Waals surface area contributed by atoms with Gasteiger partial charge in [-0.1, -0.05) is 76.4 Å². The van der Waals surface area contributed by atoms with Crippen LogP contribution in [-0.2, 0) is 19.2 Å². The zero-order valence-corrected chi connectivity index (χ0v) is 18.0. The molecule has 0 unspecified atom stereocenters. The van der Waals surface area contributed by atoms with Gasteiger partial charge in [0.05, 0.1) is 0 Å². The van der Waals surface area contributed by atoms with Crippen molar-refractivity contribution >= 4 is 17.8 Å². The molecule has 0 radical (unpaired) electrons. The number of hydrogen-bond acceptors (Lipinski definition) is 4. The van der Waals surface area contributed by atoms with E-state index in [-0.39, 0.29) is 12.8 Å². The first-order chi connectivity index (χ1) is 14.1. The molecule has 0 spiro atoms. The van der Waals surface area contributed by atoms with Crippen LogP contribution in [-0.4, -0.2) is 22.8 Å². The fraction of sp³-hybridized carbons (Fsp3) is 0.708. The van der Waals surface area contributed by atoms with E-state index in [2.05, 4.69) is 35.8 Å². The maximum atomic E-state index is 11.5. The van der Waals surface area contributed by atoms with E-state index in [4.69, 9.17) is 0 Å². The van der Waals surface area contributed by atoms with Crippen molar-refractivity contribution in [3.05, 3.63) is 12.2 Å². The Labute approximate surface area is 176 Å². The second-order valence-electron chi connectivity index (χ2n) is 7.60. The molecule has 0 atom stereocenters. The van der Waals surface area contributed by atoms with E-state index in [0.29, 0.717) is 11.5 Å². The molecule has 0 bridgehead atoms. The third-order valence-electron chi connectivity index (χ3n) is 4.93.